The summed E-state index contributed by atoms with van der Waals surface area (Å²) in [5.74, 6) is 0.134. The van der Waals surface area contributed by atoms with E-state index in [0.717, 1.165) is 4.47 Å². The van der Waals surface area contributed by atoms with E-state index in [1.54, 1.807) is 42.5 Å². The number of halogens is 2. The minimum Gasteiger partial charge on any atom is -0.480 e. The Morgan fingerprint density at radius 3 is 2.41 bits per heavy atom. The highest BCUT2D eigenvalue weighted by atomic mass is 79.9. The van der Waals surface area contributed by atoms with Gasteiger partial charge in [-0.25, -0.2) is 4.79 Å². The van der Waals surface area contributed by atoms with Gasteiger partial charge in [-0.15, -0.1) is 0 Å². The molecule has 0 saturated heterocycles. The van der Waals surface area contributed by atoms with Crippen molar-refractivity contribution >= 4 is 39.3 Å². The predicted octanol–water partition coefficient (Wildman–Crippen LogP) is 4.29. The van der Waals surface area contributed by atoms with E-state index in [9.17, 15) is 9.59 Å². The zero-order valence-corrected chi connectivity index (χ0v) is 14.0. The van der Waals surface area contributed by atoms with Crippen LogP contribution in [0.5, 0.6) is 11.5 Å². The van der Waals surface area contributed by atoms with Crippen molar-refractivity contribution in [3.8, 4) is 11.5 Å². The normalized spacial score (nSPS) is 10.1. The summed E-state index contributed by atoms with van der Waals surface area (Å²) in [5.41, 5.74) is 0.553. The lowest BCUT2D eigenvalue weighted by molar-refractivity contribution is -0.136. The molecular weight excluding hydrogens is 372 g/mol. The van der Waals surface area contributed by atoms with Crippen LogP contribution in [0.1, 0.15) is 17.3 Å². The maximum Gasteiger partial charge on any atom is 0.349 e. The number of hydrogen-bond acceptors (Lipinski definition) is 4. The Bertz CT molecular complexity index is 698. The van der Waals surface area contributed by atoms with E-state index < -0.39 is 5.97 Å². The Balaban J connectivity index is 1.91. The van der Waals surface area contributed by atoms with Crippen molar-refractivity contribution in [2.75, 3.05) is 6.61 Å². The van der Waals surface area contributed by atoms with Crippen LogP contribution in [0.25, 0.3) is 0 Å². The molecule has 0 saturated carbocycles. The first-order valence-corrected chi connectivity index (χ1v) is 7.52. The van der Waals surface area contributed by atoms with Crippen molar-refractivity contribution in [3.05, 3.63) is 57.5 Å². The lowest BCUT2D eigenvalue weighted by Crippen LogP contribution is -2.17. The highest BCUT2D eigenvalue weighted by Gasteiger charge is 2.09. The molecule has 0 bridgehead atoms. The van der Waals surface area contributed by atoms with E-state index in [4.69, 9.17) is 21.1 Å². The summed E-state index contributed by atoms with van der Waals surface area (Å²) in [5, 5.41) is 0.396. The van der Waals surface area contributed by atoms with Gasteiger partial charge in [0.2, 0.25) is 0 Å². The zero-order valence-electron chi connectivity index (χ0n) is 11.6. The van der Waals surface area contributed by atoms with Gasteiger partial charge in [-0.1, -0.05) is 27.5 Å². The second-order valence-corrected chi connectivity index (χ2v) is 5.74. The average molecular weight is 384 g/mol. The molecule has 6 heteroatoms. The molecule has 0 atom stereocenters. The van der Waals surface area contributed by atoms with Crippen molar-refractivity contribution in [2.45, 2.75) is 6.92 Å². The third-order valence-corrected chi connectivity index (χ3v) is 3.52. The van der Waals surface area contributed by atoms with Gasteiger partial charge in [-0.05, 0) is 49.4 Å². The van der Waals surface area contributed by atoms with Crippen LogP contribution in [0.3, 0.4) is 0 Å². The monoisotopic (exact) mass is 382 g/mol. The van der Waals surface area contributed by atoms with Gasteiger partial charge in [0.25, 0.3) is 0 Å². The third-order valence-electron chi connectivity index (χ3n) is 2.73. The maximum atomic E-state index is 11.7. The molecule has 0 N–H and O–H groups in total. The van der Waals surface area contributed by atoms with Crippen molar-refractivity contribution in [1.82, 2.24) is 0 Å². The van der Waals surface area contributed by atoms with E-state index in [-0.39, 0.29) is 12.4 Å². The molecule has 0 aliphatic rings. The van der Waals surface area contributed by atoms with Crippen LogP contribution in [-0.2, 0) is 4.79 Å². The number of carbonyl (C=O) groups is 2. The van der Waals surface area contributed by atoms with E-state index in [1.165, 1.54) is 6.92 Å². The summed E-state index contributed by atoms with van der Waals surface area (Å²) >= 11 is 9.26. The molecule has 0 heterocycles. The van der Waals surface area contributed by atoms with Gasteiger partial charge in [-0.3, -0.25) is 4.79 Å². The second-order valence-electron chi connectivity index (χ2n) is 4.42. The summed E-state index contributed by atoms with van der Waals surface area (Å²) in [6.07, 6.45) is 0. The average Bonchev–Trinajstić information content (AvgIpc) is 2.47. The van der Waals surface area contributed by atoms with Crippen LogP contribution < -0.4 is 9.47 Å². The Morgan fingerprint density at radius 1 is 1.14 bits per heavy atom. The summed E-state index contributed by atoms with van der Waals surface area (Å²) in [4.78, 5) is 22.9. The molecule has 2 rings (SSSR count). The van der Waals surface area contributed by atoms with Crippen molar-refractivity contribution in [2.24, 2.45) is 0 Å². The first-order valence-electron chi connectivity index (χ1n) is 6.35. The number of Topliss-reactive ketones (excluding diaryl/α,β-unsaturated/α-hetero) is 1. The van der Waals surface area contributed by atoms with Crippen LogP contribution in [0.15, 0.2) is 46.9 Å². The van der Waals surface area contributed by atoms with Gasteiger partial charge < -0.3 is 9.47 Å². The first-order chi connectivity index (χ1) is 10.5. The second kappa shape index (κ2) is 7.42. The van der Waals surface area contributed by atoms with Crippen LogP contribution in [0.4, 0.5) is 0 Å². The molecule has 0 unspecified atom stereocenters. The molecule has 0 spiro atoms. The van der Waals surface area contributed by atoms with Gasteiger partial charge in [0.15, 0.2) is 12.4 Å². The predicted molar refractivity (Wildman–Crippen MR) is 86.7 cm³/mol. The van der Waals surface area contributed by atoms with Gasteiger partial charge in [-0.2, -0.15) is 0 Å². The van der Waals surface area contributed by atoms with Gasteiger partial charge in [0.1, 0.15) is 11.5 Å². The molecule has 0 aliphatic heterocycles. The van der Waals surface area contributed by atoms with Crippen LogP contribution >= 0.6 is 27.5 Å². The lowest BCUT2D eigenvalue weighted by atomic mass is 10.1. The fourth-order valence-electron chi connectivity index (χ4n) is 1.65. The number of carbonyl (C=O) groups excluding carboxylic acids is 2. The minimum atomic E-state index is -0.561. The molecule has 22 heavy (non-hydrogen) atoms. The number of ether oxygens (including phenoxy) is 2. The van der Waals surface area contributed by atoms with Crippen molar-refractivity contribution < 1.29 is 19.1 Å². The number of hydrogen-bond donors (Lipinski definition) is 0. The Hall–Kier alpha value is -1.85. The fourth-order valence-corrected chi connectivity index (χ4v) is 2.38. The quantitative estimate of drug-likeness (QED) is 0.439. The minimum absolute atomic E-state index is 0.0499. The van der Waals surface area contributed by atoms with Crippen LogP contribution in [0, 0.1) is 0 Å². The molecule has 4 nitrogen and oxygen atoms in total. The molecular formula is C16H12BrClO4. The topological polar surface area (TPSA) is 52.6 Å². The van der Waals surface area contributed by atoms with Gasteiger partial charge >= 0.3 is 5.97 Å². The molecule has 0 fully saturated rings. The summed E-state index contributed by atoms with van der Waals surface area (Å²) in [6.45, 7) is 1.20. The largest absolute Gasteiger partial charge is 0.480 e. The van der Waals surface area contributed by atoms with Gasteiger partial charge in [0.05, 0.1) is 5.02 Å². The Labute approximate surface area is 141 Å². The first kappa shape index (κ1) is 16.5. The number of rotatable bonds is 5. The van der Waals surface area contributed by atoms with Crippen molar-refractivity contribution in [3.63, 3.8) is 0 Å². The lowest BCUT2D eigenvalue weighted by Gasteiger charge is -2.08. The maximum absolute atomic E-state index is 11.7. The summed E-state index contributed by atoms with van der Waals surface area (Å²) < 4.78 is 11.2. The van der Waals surface area contributed by atoms with Crippen molar-refractivity contribution in [1.29, 1.82) is 0 Å². The highest BCUT2D eigenvalue weighted by Crippen LogP contribution is 2.27. The third kappa shape index (κ3) is 4.58. The number of benzene rings is 2. The standard InChI is InChI=1S/C16H12BrClO4/c1-10(19)11-2-5-13(6-3-11)22-16(20)9-21-15-7-4-12(17)8-14(15)18/h2-8H,9H2,1H3. The molecule has 0 amide bonds. The van der Waals surface area contributed by atoms with E-state index in [1.807, 2.05) is 0 Å². The summed E-state index contributed by atoms with van der Waals surface area (Å²) in [6, 6.07) is 11.4. The molecule has 114 valence electrons. The zero-order chi connectivity index (χ0) is 16.1. The van der Waals surface area contributed by atoms with Crippen LogP contribution in [0.2, 0.25) is 5.02 Å². The summed E-state index contributed by atoms with van der Waals surface area (Å²) in [7, 11) is 0. The molecule has 0 aromatic heterocycles. The molecule has 2 aromatic carbocycles. The van der Waals surface area contributed by atoms with E-state index >= 15 is 0 Å². The number of esters is 1. The molecule has 2 aromatic rings. The Kier molecular flexibility index (Phi) is 5.57. The van der Waals surface area contributed by atoms with E-state index in [2.05, 4.69) is 15.9 Å². The Morgan fingerprint density at radius 2 is 1.82 bits per heavy atom. The smallest absolute Gasteiger partial charge is 0.349 e. The number of ketones is 1. The van der Waals surface area contributed by atoms with Crippen LogP contribution in [-0.4, -0.2) is 18.4 Å². The highest BCUT2D eigenvalue weighted by molar-refractivity contribution is 9.10. The fraction of sp³-hybridized carbons (Fsp3) is 0.125. The van der Waals surface area contributed by atoms with E-state index in [0.29, 0.717) is 22.1 Å². The van der Waals surface area contributed by atoms with Gasteiger partial charge in [0, 0.05) is 10.0 Å². The SMILES string of the molecule is CC(=O)c1ccc(OC(=O)COc2ccc(Br)cc2Cl)cc1. The molecule has 0 aliphatic carbocycles. The molecule has 0 radical (unpaired) electrons.